The van der Waals surface area contributed by atoms with Crippen molar-refractivity contribution in [2.75, 3.05) is 6.61 Å². The van der Waals surface area contributed by atoms with Crippen LogP contribution in [0.4, 0.5) is 8.78 Å². The summed E-state index contributed by atoms with van der Waals surface area (Å²) in [7, 11) is 0. The maximum Gasteiger partial charge on any atom is 0.303 e. The number of carboxylic acid groups (broad SMARTS) is 1. The summed E-state index contributed by atoms with van der Waals surface area (Å²) in [6.45, 7) is 0.209. The molecule has 1 rings (SSSR count). The molecule has 5 atom stereocenters. The Morgan fingerprint density at radius 1 is 1.27 bits per heavy atom. The van der Waals surface area contributed by atoms with Crippen LogP contribution in [-0.2, 0) is 14.3 Å². The van der Waals surface area contributed by atoms with Gasteiger partial charge in [0.25, 0.3) is 5.92 Å². The zero-order valence-corrected chi connectivity index (χ0v) is 11.8. The van der Waals surface area contributed by atoms with Crippen LogP contribution in [0.3, 0.4) is 0 Å². The number of hydrogen-bond donors (Lipinski definition) is 5. The molecule has 0 radical (unpaired) electrons. The zero-order valence-electron chi connectivity index (χ0n) is 11.8. The van der Waals surface area contributed by atoms with E-state index in [1.54, 1.807) is 0 Å². The van der Waals surface area contributed by atoms with Crippen molar-refractivity contribution in [3.8, 4) is 0 Å². The minimum Gasteiger partial charge on any atom is -0.481 e. The topological polar surface area (TPSA) is 136 Å². The summed E-state index contributed by atoms with van der Waals surface area (Å²) in [6.07, 6.45) is -8.94. The molecule has 22 heavy (non-hydrogen) atoms. The number of aliphatic carboxylic acids is 1. The Balaban J connectivity index is 3.02. The van der Waals surface area contributed by atoms with Crippen LogP contribution in [0, 0.1) is 0 Å². The molecule has 10 heteroatoms. The Morgan fingerprint density at radius 3 is 2.32 bits per heavy atom. The smallest absolute Gasteiger partial charge is 0.303 e. The summed E-state index contributed by atoms with van der Waals surface area (Å²) in [5.41, 5.74) is 0. The largest absolute Gasteiger partial charge is 0.481 e. The third-order valence-corrected chi connectivity index (χ3v) is 3.38. The lowest BCUT2D eigenvalue weighted by molar-refractivity contribution is -0.252. The van der Waals surface area contributed by atoms with Crippen molar-refractivity contribution in [2.45, 2.75) is 56.1 Å². The summed E-state index contributed by atoms with van der Waals surface area (Å²) in [6, 6.07) is -1.64. The van der Waals surface area contributed by atoms with Crippen molar-refractivity contribution in [3.05, 3.63) is 0 Å². The molecule has 0 aromatic carbocycles. The molecule has 0 aliphatic carbocycles. The Labute approximate surface area is 124 Å². The molecule has 1 amide bonds. The molecule has 1 saturated heterocycles. The van der Waals surface area contributed by atoms with E-state index in [0.717, 1.165) is 6.92 Å². The van der Waals surface area contributed by atoms with Crippen LogP contribution in [0.2, 0.25) is 0 Å². The average molecular weight is 327 g/mol. The highest BCUT2D eigenvalue weighted by Gasteiger charge is 2.54. The van der Waals surface area contributed by atoms with Crippen LogP contribution in [0.1, 0.15) is 19.8 Å². The van der Waals surface area contributed by atoms with E-state index >= 15 is 0 Å². The molecule has 1 aliphatic heterocycles. The van der Waals surface area contributed by atoms with Crippen molar-refractivity contribution < 1.29 is 43.5 Å². The molecule has 8 nitrogen and oxygen atoms in total. The van der Waals surface area contributed by atoms with Gasteiger partial charge in [0, 0.05) is 13.3 Å². The highest BCUT2D eigenvalue weighted by atomic mass is 19.3. The normalized spacial score (nSPS) is 32.5. The number of amides is 1. The Bertz CT molecular complexity index is 420. The van der Waals surface area contributed by atoms with Gasteiger partial charge in [0.05, 0.1) is 19.1 Å². The van der Waals surface area contributed by atoms with Gasteiger partial charge in [-0.05, 0) is 0 Å². The molecular formula is C12H19F2NO7. The van der Waals surface area contributed by atoms with E-state index in [9.17, 15) is 28.6 Å². The van der Waals surface area contributed by atoms with Gasteiger partial charge < -0.3 is 30.5 Å². The second-order valence-corrected chi connectivity index (χ2v) is 5.14. The first-order chi connectivity index (χ1) is 10.1. The number of carbonyl (C=O) groups excluding carboxylic acids is 1. The monoisotopic (exact) mass is 327 g/mol. The van der Waals surface area contributed by atoms with Crippen molar-refractivity contribution >= 4 is 11.9 Å². The number of nitrogens with one attached hydrogen (secondary N) is 1. The molecule has 0 spiro atoms. The Kier molecular flexibility index (Phi) is 6.17. The number of hydrogen-bond acceptors (Lipinski definition) is 6. The van der Waals surface area contributed by atoms with Crippen molar-refractivity contribution in [1.82, 2.24) is 5.32 Å². The zero-order chi connectivity index (χ0) is 17.1. The minimum atomic E-state index is -3.69. The number of aliphatic hydroxyl groups is 3. The molecule has 0 saturated carbocycles. The van der Waals surface area contributed by atoms with Crippen molar-refractivity contribution in [1.29, 1.82) is 0 Å². The van der Waals surface area contributed by atoms with Crippen LogP contribution < -0.4 is 5.32 Å². The molecule has 128 valence electrons. The van der Waals surface area contributed by atoms with Gasteiger partial charge in [0.2, 0.25) is 5.91 Å². The Hall–Kier alpha value is -1.36. The van der Waals surface area contributed by atoms with Gasteiger partial charge in [-0.2, -0.15) is 0 Å². The first-order valence-electron chi connectivity index (χ1n) is 6.59. The van der Waals surface area contributed by atoms with Gasteiger partial charge in [-0.25, -0.2) is 8.78 Å². The van der Waals surface area contributed by atoms with Gasteiger partial charge in [0.1, 0.15) is 24.4 Å². The molecule has 0 bridgehead atoms. The fourth-order valence-electron chi connectivity index (χ4n) is 2.29. The van der Waals surface area contributed by atoms with E-state index in [1.807, 2.05) is 0 Å². The maximum atomic E-state index is 14.2. The molecule has 0 aromatic rings. The first kappa shape index (κ1) is 18.7. The highest BCUT2D eigenvalue weighted by Crippen LogP contribution is 2.35. The van der Waals surface area contributed by atoms with Gasteiger partial charge in [0.15, 0.2) is 0 Å². The van der Waals surface area contributed by atoms with E-state index in [-0.39, 0.29) is 0 Å². The number of rotatable bonds is 6. The van der Waals surface area contributed by atoms with Crippen LogP contribution in [0.15, 0.2) is 0 Å². The van der Waals surface area contributed by atoms with Crippen LogP contribution >= 0.6 is 0 Å². The molecule has 5 N–H and O–H groups in total. The number of ether oxygens (including phenoxy) is 1. The second-order valence-electron chi connectivity index (χ2n) is 5.14. The molecule has 1 aliphatic rings. The van der Waals surface area contributed by atoms with E-state index in [2.05, 4.69) is 5.32 Å². The van der Waals surface area contributed by atoms with E-state index < -0.39 is 67.7 Å². The fraction of sp³-hybridized carbons (Fsp3) is 0.833. The lowest BCUT2D eigenvalue weighted by Gasteiger charge is -2.45. The van der Waals surface area contributed by atoms with Gasteiger partial charge >= 0.3 is 5.97 Å². The van der Waals surface area contributed by atoms with Crippen molar-refractivity contribution in [3.63, 3.8) is 0 Å². The molecule has 1 fully saturated rings. The molecule has 1 heterocycles. The lowest BCUT2D eigenvalue weighted by atomic mass is 9.88. The predicted molar refractivity (Wildman–Crippen MR) is 67.2 cm³/mol. The average Bonchev–Trinajstić information content (AvgIpc) is 2.41. The summed E-state index contributed by atoms with van der Waals surface area (Å²) < 4.78 is 33.2. The predicted octanol–water partition coefficient (Wildman–Crippen LogP) is -1.53. The third-order valence-electron chi connectivity index (χ3n) is 3.38. The summed E-state index contributed by atoms with van der Waals surface area (Å²) in [5.74, 6) is -5.87. The van der Waals surface area contributed by atoms with E-state index in [1.165, 1.54) is 0 Å². The standard InChI is InChI=1S/C12H19F2NO7/c1-5(17)15-8-10(21)9(20)6(4-16)22-11(8)12(13,14)3-2-7(18)19/h6,8-11,16,20-21H,2-4H2,1H3,(H,15,17)(H,18,19)/t6-,8-,9+,10-,11+/m1/s1. The quantitative estimate of drug-likeness (QED) is 0.399. The number of halogens is 2. The first-order valence-corrected chi connectivity index (χ1v) is 6.59. The SMILES string of the molecule is CC(=O)N[C@@H]1[C@@H](O)[C@@H](O)[C@@H](CO)O[C@@H]1C(F)(F)CCC(=O)O. The van der Waals surface area contributed by atoms with Gasteiger partial charge in [-0.3, -0.25) is 9.59 Å². The molecule has 0 unspecified atom stereocenters. The van der Waals surface area contributed by atoms with E-state index in [4.69, 9.17) is 14.9 Å². The third kappa shape index (κ3) is 4.32. The number of carboxylic acids is 1. The van der Waals surface area contributed by atoms with Crippen LogP contribution in [-0.4, -0.2) is 75.3 Å². The number of aliphatic hydroxyl groups excluding tert-OH is 3. The number of carbonyl (C=O) groups is 2. The van der Waals surface area contributed by atoms with Gasteiger partial charge in [-0.1, -0.05) is 0 Å². The maximum absolute atomic E-state index is 14.2. The molecule has 0 aromatic heterocycles. The van der Waals surface area contributed by atoms with Crippen molar-refractivity contribution in [2.24, 2.45) is 0 Å². The van der Waals surface area contributed by atoms with Crippen LogP contribution in [0.5, 0.6) is 0 Å². The summed E-state index contributed by atoms with van der Waals surface area (Å²) >= 11 is 0. The number of alkyl halides is 2. The van der Waals surface area contributed by atoms with E-state index in [0.29, 0.717) is 0 Å². The summed E-state index contributed by atoms with van der Waals surface area (Å²) in [5, 5.41) is 39.2. The minimum absolute atomic E-state index is 0.735. The summed E-state index contributed by atoms with van der Waals surface area (Å²) in [4.78, 5) is 21.6. The fourth-order valence-corrected chi connectivity index (χ4v) is 2.29. The highest BCUT2D eigenvalue weighted by molar-refractivity contribution is 5.73. The Morgan fingerprint density at radius 2 is 1.86 bits per heavy atom. The second kappa shape index (κ2) is 7.27. The van der Waals surface area contributed by atoms with Crippen LogP contribution in [0.25, 0.3) is 0 Å². The molecular weight excluding hydrogens is 308 g/mol. The van der Waals surface area contributed by atoms with Gasteiger partial charge in [-0.15, -0.1) is 0 Å². The lowest BCUT2D eigenvalue weighted by Crippen LogP contribution is -2.68.